The van der Waals surface area contributed by atoms with E-state index >= 15 is 0 Å². The molecule has 0 aliphatic carbocycles. The number of sulfonamides is 1. The molecule has 1 heterocycles. The number of aromatic nitrogens is 1. The quantitative estimate of drug-likeness (QED) is 0.855. The molecule has 1 N–H and O–H groups in total. The summed E-state index contributed by atoms with van der Waals surface area (Å²) in [6.45, 7) is 1.56. The van der Waals surface area contributed by atoms with Crippen molar-refractivity contribution in [3.05, 3.63) is 59.9 Å². The fraction of sp³-hybridized carbons (Fsp3) is 0.143. The van der Waals surface area contributed by atoms with Gasteiger partial charge in [-0.05, 0) is 43.3 Å². The summed E-state index contributed by atoms with van der Waals surface area (Å²) in [4.78, 5) is 16.0. The highest BCUT2D eigenvalue weighted by Gasteiger charge is 2.10. The molecule has 20 heavy (non-hydrogen) atoms. The summed E-state index contributed by atoms with van der Waals surface area (Å²) < 4.78 is 25.3. The summed E-state index contributed by atoms with van der Waals surface area (Å²) in [5.74, 6) is -0.147. The van der Waals surface area contributed by atoms with Gasteiger partial charge < -0.3 is 0 Å². The number of hydrogen-bond donors (Lipinski definition) is 1. The number of carbonyl (C=O) groups excluding carboxylic acids is 1. The molecule has 1 aromatic heterocycles. The Labute approximate surface area is 117 Å². The maximum Gasteiger partial charge on any atom is 0.232 e. The van der Waals surface area contributed by atoms with Crippen LogP contribution in [0.15, 0.2) is 48.8 Å². The van der Waals surface area contributed by atoms with Gasteiger partial charge in [0, 0.05) is 29.2 Å². The molecule has 6 heteroatoms. The zero-order valence-electron chi connectivity index (χ0n) is 10.9. The zero-order chi connectivity index (χ0) is 14.6. The third-order valence-corrected chi connectivity index (χ3v) is 4.03. The van der Waals surface area contributed by atoms with Gasteiger partial charge in [0.05, 0.1) is 5.75 Å². The van der Waals surface area contributed by atoms with E-state index in [0.717, 1.165) is 0 Å². The molecule has 0 bridgehead atoms. The van der Waals surface area contributed by atoms with Crippen molar-refractivity contribution >= 4 is 21.5 Å². The second-order valence-corrected chi connectivity index (χ2v) is 6.16. The van der Waals surface area contributed by atoms with Gasteiger partial charge in [-0.2, -0.15) is 0 Å². The van der Waals surface area contributed by atoms with Crippen LogP contribution in [0.5, 0.6) is 0 Å². The summed E-state index contributed by atoms with van der Waals surface area (Å²) in [5, 5.41) is 0. The molecule has 2 aromatic rings. The van der Waals surface area contributed by atoms with Gasteiger partial charge in [-0.1, -0.05) is 0 Å². The van der Waals surface area contributed by atoms with Crippen molar-refractivity contribution in [3.8, 4) is 0 Å². The summed E-state index contributed by atoms with van der Waals surface area (Å²) in [5.41, 5.74) is 1.42. The molecule has 0 saturated heterocycles. The lowest BCUT2D eigenvalue weighted by Crippen LogP contribution is -2.14. The Balaban J connectivity index is 2.19. The average molecular weight is 290 g/mol. The van der Waals surface area contributed by atoms with E-state index in [1.165, 1.54) is 6.20 Å². The maximum atomic E-state index is 12.1. The van der Waals surface area contributed by atoms with Crippen LogP contribution in [0, 0.1) is 0 Å². The SMILES string of the molecule is CCS(=O)(=O)Nc1ccc(C(=O)c2cccnc2)cc1. The molecule has 0 amide bonds. The standard InChI is InChI=1S/C14H14N2O3S/c1-2-20(18,19)16-13-7-5-11(6-8-13)14(17)12-4-3-9-15-10-12/h3-10,16H,2H2,1H3. The number of anilines is 1. The van der Waals surface area contributed by atoms with E-state index in [2.05, 4.69) is 9.71 Å². The third kappa shape index (κ3) is 3.42. The number of pyridine rings is 1. The predicted octanol–water partition coefficient (Wildman–Crippen LogP) is 2.07. The summed E-state index contributed by atoms with van der Waals surface area (Å²) in [6, 6.07) is 9.68. The highest BCUT2D eigenvalue weighted by Crippen LogP contribution is 2.14. The van der Waals surface area contributed by atoms with Gasteiger partial charge in [-0.3, -0.25) is 14.5 Å². The molecule has 0 spiro atoms. The van der Waals surface area contributed by atoms with Gasteiger partial charge >= 0.3 is 0 Å². The molecule has 5 nitrogen and oxygen atoms in total. The van der Waals surface area contributed by atoms with Gasteiger partial charge in [0.15, 0.2) is 5.78 Å². The van der Waals surface area contributed by atoms with E-state index in [0.29, 0.717) is 16.8 Å². The van der Waals surface area contributed by atoms with Gasteiger partial charge in [-0.25, -0.2) is 8.42 Å². The van der Waals surface area contributed by atoms with Crippen molar-refractivity contribution < 1.29 is 13.2 Å². The van der Waals surface area contributed by atoms with Crippen LogP contribution in [0.25, 0.3) is 0 Å². The minimum Gasteiger partial charge on any atom is -0.289 e. The Morgan fingerprint density at radius 1 is 1.15 bits per heavy atom. The van der Waals surface area contributed by atoms with Gasteiger partial charge in [0.1, 0.15) is 0 Å². The van der Waals surface area contributed by atoms with Crippen LogP contribution in [-0.2, 0) is 10.0 Å². The largest absolute Gasteiger partial charge is 0.289 e. The van der Waals surface area contributed by atoms with Crippen molar-refractivity contribution in [1.82, 2.24) is 4.98 Å². The molecular weight excluding hydrogens is 276 g/mol. The van der Waals surface area contributed by atoms with Crippen LogP contribution < -0.4 is 4.72 Å². The first-order valence-corrected chi connectivity index (χ1v) is 7.72. The molecule has 0 fully saturated rings. The van der Waals surface area contributed by atoms with E-state index in [-0.39, 0.29) is 11.5 Å². The van der Waals surface area contributed by atoms with E-state index in [9.17, 15) is 13.2 Å². The van der Waals surface area contributed by atoms with Gasteiger partial charge in [0.2, 0.25) is 10.0 Å². The van der Waals surface area contributed by atoms with Crippen LogP contribution in [0.3, 0.4) is 0 Å². The Kier molecular flexibility index (Phi) is 4.14. The normalized spacial score (nSPS) is 11.1. The number of benzene rings is 1. The molecule has 1 aromatic carbocycles. The Morgan fingerprint density at radius 2 is 1.85 bits per heavy atom. The van der Waals surface area contributed by atoms with Crippen molar-refractivity contribution in [2.75, 3.05) is 10.5 Å². The number of ketones is 1. The molecular formula is C14H14N2O3S. The predicted molar refractivity (Wildman–Crippen MR) is 77.2 cm³/mol. The van der Waals surface area contributed by atoms with Crippen molar-refractivity contribution in [2.24, 2.45) is 0 Å². The molecule has 0 radical (unpaired) electrons. The lowest BCUT2D eigenvalue weighted by Gasteiger charge is -2.06. The lowest BCUT2D eigenvalue weighted by molar-refractivity contribution is 0.103. The Bertz CT molecular complexity index is 695. The summed E-state index contributed by atoms with van der Waals surface area (Å²) in [6.07, 6.45) is 3.09. The van der Waals surface area contributed by atoms with Crippen LogP contribution in [0.1, 0.15) is 22.8 Å². The van der Waals surface area contributed by atoms with Crippen LogP contribution >= 0.6 is 0 Å². The second-order valence-electron chi connectivity index (χ2n) is 4.15. The first kappa shape index (κ1) is 14.2. The smallest absolute Gasteiger partial charge is 0.232 e. The van der Waals surface area contributed by atoms with Gasteiger partial charge in [-0.15, -0.1) is 0 Å². The van der Waals surface area contributed by atoms with E-state index in [4.69, 9.17) is 0 Å². The van der Waals surface area contributed by atoms with Crippen molar-refractivity contribution in [3.63, 3.8) is 0 Å². The molecule has 2 rings (SSSR count). The first-order chi connectivity index (χ1) is 9.52. The van der Waals surface area contributed by atoms with E-state index in [1.807, 2.05) is 0 Å². The van der Waals surface area contributed by atoms with Crippen molar-refractivity contribution in [2.45, 2.75) is 6.92 Å². The molecule has 104 valence electrons. The van der Waals surface area contributed by atoms with Gasteiger partial charge in [0.25, 0.3) is 0 Å². The summed E-state index contributed by atoms with van der Waals surface area (Å²) in [7, 11) is -3.30. The molecule has 0 aliphatic rings. The highest BCUT2D eigenvalue weighted by atomic mass is 32.2. The van der Waals surface area contributed by atoms with E-state index < -0.39 is 10.0 Å². The molecule has 0 saturated carbocycles. The highest BCUT2D eigenvalue weighted by molar-refractivity contribution is 7.92. The minimum absolute atomic E-state index is 0.00334. The average Bonchev–Trinajstić information content (AvgIpc) is 2.48. The Morgan fingerprint density at radius 3 is 2.40 bits per heavy atom. The topological polar surface area (TPSA) is 76.1 Å². The summed E-state index contributed by atoms with van der Waals surface area (Å²) >= 11 is 0. The van der Waals surface area contributed by atoms with Crippen molar-refractivity contribution in [1.29, 1.82) is 0 Å². The first-order valence-electron chi connectivity index (χ1n) is 6.07. The van der Waals surface area contributed by atoms with Crippen LogP contribution in [0.2, 0.25) is 0 Å². The maximum absolute atomic E-state index is 12.1. The van der Waals surface area contributed by atoms with E-state index in [1.54, 1.807) is 49.5 Å². The number of nitrogens with zero attached hydrogens (tertiary/aromatic N) is 1. The fourth-order valence-electron chi connectivity index (χ4n) is 1.61. The minimum atomic E-state index is -3.30. The molecule has 0 aliphatic heterocycles. The number of carbonyl (C=O) groups is 1. The fourth-order valence-corrected chi connectivity index (χ4v) is 2.24. The third-order valence-electron chi connectivity index (χ3n) is 2.72. The van der Waals surface area contributed by atoms with Crippen LogP contribution in [0.4, 0.5) is 5.69 Å². The lowest BCUT2D eigenvalue weighted by atomic mass is 10.1. The Hall–Kier alpha value is -2.21. The second kappa shape index (κ2) is 5.83. The number of rotatable bonds is 5. The number of nitrogens with one attached hydrogen (secondary N) is 1. The molecule has 0 atom stereocenters. The zero-order valence-corrected chi connectivity index (χ0v) is 11.7. The number of hydrogen-bond acceptors (Lipinski definition) is 4. The molecule has 0 unspecified atom stereocenters. The van der Waals surface area contributed by atoms with Crippen LogP contribution in [-0.4, -0.2) is 24.9 Å². The monoisotopic (exact) mass is 290 g/mol.